The number of aromatic nitrogens is 1. The number of nitrogens with zero attached hydrogens (tertiary/aromatic N) is 1. The Kier molecular flexibility index (Phi) is 3.68. The van der Waals surface area contributed by atoms with Gasteiger partial charge in [0, 0.05) is 5.56 Å². The number of rotatable bonds is 3. The summed E-state index contributed by atoms with van der Waals surface area (Å²) in [5, 5.41) is 0. The maximum absolute atomic E-state index is 12.7. The summed E-state index contributed by atoms with van der Waals surface area (Å²) < 4.78 is 37.9. The van der Waals surface area contributed by atoms with Crippen LogP contribution in [0.5, 0.6) is 0 Å². The number of benzene rings is 1. The number of halogens is 4. The molecule has 18 heavy (non-hydrogen) atoms. The number of carbonyl (C=O) groups is 1. The van der Waals surface area contributed by atoms with Gasteiger partial charge in [0.15, 0.2) is 4.47 Å². The number of hydrogen-bond donors (Lipinski definition) is 0. The summed E-state index contributed by atoms with van der Waals surface area (Å²) in [5.74, 6) is -1.15. The number of hydrogen-bond acceptors (Lipinski definition) is 3. The fourth-order valence-electron chi connectivity index (χ4n) is 1.35. The maximum atomic E-state index is 12.7. The maximum Gasteiger partial charge on any atom is 0.282 e. The first-order chi connectivity index (χ1) is 8.49. The lowest BCUT2D eigenvalue weighted by Crippen LogP contribution is -2.03. The average molecular weight is 292 g/mol. The lowest BCUT2D eigenvalue weighted by Gasteiger charge is -2.00. The molecule has 0 aliphatic heterocycles. The molecule has 1 aromatic carbocycles. The molecule has 0 unspecified atom stereocenters. The van der Waals surface area contributed by atoms with Crippen LogP contribution in [0.25, 0.3) is 0 Å². The Hall–Kier alpha value is -1.40. The SMILES string of the molecule is O=C(c1ccc(F)cc1)c1sc(Cl)nc1C(F)F. The summed E-state index contributed by atoms with van der Waals surface area (Å²) in [5.41, 5.74) is -0.530. The summed E-state index contributed by atoms with van der Waals surface area (Å²) >= 11 is 6.21. The highest BCUT2D eigenvalue weighted by atomic mass is 35.5. The third-order valence-corrected chi connectivity index (χ3v) is 3.32. The van der Waals surface area contributed by atoms with E-state index in [1.165, 1.54) is 12.1 Å². The van der Waals surface area contributed by atoms with Gasteiger partial charge in [-0.2, -0.15) is 0 Å². The van der Waals surface area contributed by atoms with Gasteiger partial charge in [-0.25, -0.2) is 18.2 Å². The van der Waals surface area contributed by atoms with E-state index in [2.05, 4.69) is 4.98 Å². The van der Waals surface area contributed by atoms with Gasteiger partial charge in [-0.15, -0.1) is 0 Å². The van der Waals surface area contributed by atoms with Gasteiger partial charge in [0.05, 0.1) is 0 Å². The van der Waals surface area contributed by atoms with Crippen LogP contribution < -0.4 is 0 Å². The van der Waals surface area contributed by atoms with E-state index in [-0.39, 0.29) is 14.9 Å². The van der Waals surface area contributed by atoms with Crippen LogP contribution >= 0.6 is 22.9 Å². The van der Waals surface area contributed by atoms with E-state index in [0.717, 1.165) is 12.1 Å². The van der Waals surface area contributed by atoms with E-state index in [0.29, 0.717) is 11.3 Å². The first-order valence-corrected chi connectivity index (χ1v) is 5.93. The van der Waals surface area contributed by atoms with Crippen molar-refractivity contribution in [1.29, 1.82) is 0 Å². The van der Waals surface area contributed by atoms with Crippen LogP contribution in [-0.4, -0.2) is 10.8 Å². The molecule has 0 spiro atoms. The monoisotopic (exact) mass is 291 g/mol. The standard InChI is InChI=1S/C11H5ClF3NOS/c12-11-16-7(10(14)15)9(18-11)8(17)5-1-3-6(13)4-2-5/h1-4,10H. The molecule has 0 amide bonds. The molecule has 0 N–H and O–H groups in total. The Bertz CT molecular complexity index is 582. The van der Waals surface area contributed by atoms with E-state index in [9.17, 15) is 18.0 Å². The van der Waals surface area contributed by atoms with Crippen LogP contribution in [-0.2, 0) is 0 Å². The minimum atomic E-state index is -2.88. The third-order valence-electron chi connectivity index (χ3n) is 2.15. The number of thiazole rings is 1. The smallest absolute Gasteiger partial charge is 0.282 e. The summed E-state index contributed by atoms with van der Waals surface area (Å²) in [6, 6.07) is 4.61. The summed E-state index contributed by atoms with van der Waals surface area (Å²) in [6.07, 6.45) is -2.88. The minimum Gasteiger partial charge on any atom is -0.288 e. The normalized spacial score (nSPS) is 10.9. The second-order valence-corrected chi connectivity index (χ2v) is 4.90. The molecular formula is C11H5ClF3NOS. The van der Waals surface area contributed by atoms with Crippen molar-refractivity contribution in [2.75, 3.05) is 0 Å². The molecule has 0 aliphatic rings. The Morgan fingerprint density at radius 1 is 1.28 bits per heavy atom. The molecule has 0 radical (unpaired) electrons. The topological polar surface area (TPSA) is 30.0 Å². The molecule has 94 valence electrons. The molecule has 7 heteroatoms. The van der Waals surface area contributed by atoms with E-state index < -0.39 is 23.7 Å². The fourth-order valence-corrected chi connectivity index (χ4v) is 2.43. The quantitative estimate of drug-likeness (QED) is 0.797. The molecule has 0 saturated heterocycles. The highest BCUT2D eigenvalue weighted by Crippen LogP contribution is 2.31. The zero-order chi connectivity index (χ0) is 13.3. The molecule has 0 bridgehead atoms. The van der Waals surface area contributed by atoms with Crippen LogP contribution in [0.4, 0.5) is 13.2 Å². The van der Waals surface area contributed by atoms with Crippen molar-refractivity contribution in [1.82, 2.24) is 4.98 Å². The van der Waals surface area contributed by atoms with Crippen LogP contribution in [0.2, 0.25) is 4.47 Å². The molecule has 0 fully saturated rings. The molecule has 0 aliphatic carbocycles. The fraction of sp³-hybridized carbons (Fsp3) is 0.0909. The number of alkyl halides is 2. The lowest BCUT2D eigenvalue weighted by atomic mass is 10.1. The number of carbonyl (C=O) groups excluding carboxylic acids is 1. The Balaban J connectivity index is 2.42. The van der Waals surface area contributed by atoms with Gasteiger partial charge in [-0.3, -0.25) is 4.79 Å². The van der Waals surface area contributed by atoms with Crippen molar-refractivity contribution < 1.29 is 18.0 Å². The average Bonchev–Trinajstić information content (AvgIpc) is 2.71. The summed E-state index contributed by atoms with van der Waals surface area (Å²) in [6.45, 7) is 0. The van der Waals surface area contributed by atoms with Crippen LogP contribution in [0, 0.1) is 5.82 Å². The van der Waals surface area contributed by atoms with Crippen molar-refractivity contribution in [3.63, 3.8) is 0 Å². The van der Waals surface area contributed by atoms with Crippen molar-refractivity contribution in [3.8, 4) is 0 Å². The number of ketones is 1. The lowest BCUT2D eigenvalue weighted by molar-refractivity contribution is 0.102. The summed E-state index contributed by atoms with van der Waals surface area (Å²) in [7, 11) is 0. The van der Waals surface area contributed by atoms with Gasteiger partial charge in [0.1, 0.15) is 16.4 Å². The van der Waals surface area contributed by atoms with E-state index in [4.69, 9.17) is 11.6 Å². The van der Waals surface area contributed by atoms with Gasteiger partial charge in [0.2, 0.25) is 5.78 Å². The van der Waals surface area contributed by atoms with Crippen molar-refractivity contribution in [2.24, 2.45) is 0 Å². The second kappa shape index (κ2) is 5.07. The molecular weight excluding hydrogens is 287 g/mol. The van der Waals surface area contributed by atoms with Crippen LogP contribution in [0.1, 0.15) is 27.4 Å². The highest BCUT2D eigenvalue weighted by molar-refractivity contribution is 7.17. The predicted molar refractivity (Wildman–Crippen MR) is 61.9 cm³/mol. The molecule has 0 saturated carbocycles. The molecule has 1 aromatic heterocycles. The molecule has 0 atom stereocenters. The van der Waals surface area contributed by atoms with Gasteiger partial charge >= 0.3 is 0 Å². The highest BCUT2D eigenvalue weighted by Gasteiger charge is 2.24. The van der Waals surface area contributed by atoms with Crippen molar-refractivity contribution >= 4 is 28.7 Å². The molecule has 1 heterocycles. The Morgan fingerprint density at radius 3 is 2.44 bits per heavy atom. The van der Waals surface area contributed by atoms with E-state index in [1.54, 1.807) is 0 Å². The van der Waals surface area contributed by atoms with Crippen molar-refractivity contribution in [2.45, 2.75) is 6.43 Å². The van der Waals surface area contributed by atoms with Crippen LogP contribution in [0.3, 0.4) is 0 Å². The summed E-state index contributed by atoms with van der Waals surface area (Å²) in [4.78, 5) is 15.1. The van der Waals surface area contributed by atoms with E-state index in [1.807, 2.05) is 0 Å². The van der Waals surface area contributed by atoms with Crippen molar-refractivity contribution in [3.05, 3.63) is 50.7 Å². The van der Waals surface area contributed by atoms with Gasteiger partial charge in [-0.1, -0.05) is 22.9 Å². The minimum absolute atomic E-state index is 0.110. The first-order valence-electron chi connectivity index (χ1n) is 4.73. The first kappa shape index (κ1) is 13.0. The zero-order valence-electron chi connectivity index (χ0n) is 8.66. The van der Waals surface area contributed by atoms with Gasteiger partial charge < -0.3 is 0 Å². The van der Waals surface area contributed by atoms with Gasteiger partial charge in [-0.05, 0) is 24.3 Å². The van der Waals surface area contributed by atoms with E-state index >= 15 is 0 Å². The zero-order valence-corrected chi connectivity index (χ0v) is 10.2. The molecule has 2 aromatic rings. The third kappa shape index (κ3) is 2.54. The van der Waals surface area contributed by atoms with Gasteiger partial charge in [0.25, 0.3) is 6.43 Å². The van der Waals surface area contributed by atoms with Crippen LogP contribution in [0.15, 0.2) is 24.3 Å². The second-order valence-electron chi connectivity index (χ2n) is 3.32. The molecule has 2 rings (SSSR count). The largest absolute Gasteiger partial charge is 0.288 e. The Morgan fingerprint density at radius 2 is 1.89 bits per heavy atom. The predicted octanol–water partition coefficient (Wildman–Crippen LogP) is 4.10. The molecule has 2 nitrogen and oxygen atoms in total. The Labute approximate surface area is 109 Å².